The van der Waals surface area contributed by atoms with Crippen molar-refractivity contribution in [3.05, 3.63) is 30.1 Å². The molecule has 3 N–H and O–H groups in total. The Bertz CT molecular complexity index is 558. The molecule has 7 heteroatoms. The Labute approximate surface area is 112 Å². The summed E-state index contributed by atoms with van der Waals surface area (Å²) in [5.41, 5.74) is 5.57. The smallest absolute Gasteiger partial charge is 0.267 e. The van der Waals surface area contributed by atoms with E-state index in [1.165, 1.54) is 12.1 Å². The maximum Gasteiger partial charge on any atom is 0.267 e. The molecule has 1 aromatic carbocycles. The van der Waals surface area contributed by atoms with Crippen molar-refractivity contribution in [1.29, 1.82) is 0 Å². The van der Waals surface area contributed by atoms with Crippen molar-refractivity contribution in [2.24, 2.45) is 11.7 Å². The average molecular weight is 288 g/mol. The highest BCUT2D eigenvalue weighted by Crippen LogP contribution is 2.13. The van der Waals surface area contributed by atoms with Gasteiger partial charge < -0.3 is 5.73 Å². The van der Waals surface area contributed by atoms with Crippen LogP contribution in [0, 0.1) is 11.7 Å². The minimum Gasteiger partial charge on any atom is -0.320 e. The lowest BCUT2D eigenvalue weighted by Crippen LogP contribution is -2.44. The van der Waals surface area contributed by atoms with Crippen molar-refractivity contribution in [3.63, 3.8) is 0 Å². The van der Waals surface area contributed by atoms with Crippen molar-refractivity contribution in [2.45, 2.75) is 31.2 Å². The molecular weight excluding hydrogens is 271 g/mol. The zero-order valence-corrected chi connectivity index (χ0v) is 11.6. The number of hydrogen-bond donors (Lipinski definition) is 2. The van der Waals surface area contributed by atoms with E-state index in [0.717, 1.165) is 12.1 Å². The number of nitrogens with two attached hydrogens (primary N) is 1. The molecule has 0 heterocycles. The Morgan fingerprint density at radius 3 is 2.47 bits per heavy atom. The van der Waals surface area contributed by atoms with Crippen molar-refractivity contribution < 1.29 is 17.6 Å². The number of halogens is 1. The molecule has 0 unspecified atom stereocenters. The van der Waals surface area contributed by atoms with Crippen LogP contribution in [0.25, 0.3) is 0 Å². The lowest BCUT2D eigenvalue weighted by atomic mass is 10.0. The van der Waals surface area contributed by atoms with Crippen LogP contribution in [0.2, 0.25) is 0 Å². The Kier molecular flexibility index (Phi) is 5.02. The van der Waals surface area contributed by atoms with E-state index < -0.39 is 32.7 Å². The highest BCUT2D eigenvalue weighted by molar-refractivity contribution is 7.90. The summed E-state index contributed by atoms with van der Waals surface area (Å²) in [6.45, 7) is 3.72. The van der Waals surface area contributed by atoms with E-state index in [4.69, 9.17) is 5.73 Å². The molecule has 0 bridgehead atoms. The van der Waals surface area contributed by atoms with Gasteiger partial charge in [0.15, 0.2) is 0 Å². The molecule has 1 aromatic rings. The van der Waals surface area contributed by atoms with Crippen molar-refractivity contribution in [3.8, 4) is 0 Å². The molecule has 106 valence electrons. The second-order valence-corrected chi connectivity index (χ2v) is 6.29. The lowest BCUT2D eigenvalue weighted by molar-refractivity contribution is -0.120. The minimum atomic E-state index is -4.23. The van der Waals surface area contributed by atoms with Crippen LogP contribution in [0.5, 0.6) is 0 Å². The fourth-order valence-corrected chi connectivity index (χ4v) is 2.65. The van der Waals surface area contributed by atoms with E-state index in [1.807, 2.05) is 13.8 Å². The molecule has 19 heavy (non-hydrogen) atoms. The van der Waals surface area contributed by atoms with Gasteiger partial charge in [0.05, 0.1) is 6.04 Å². The van der Waals surface area contributed by atoms with Gasteiger partial charge in [-0.15, -0.1) is 0 Å². The molecule has 0 aromatic heterocycles. The molecule has 0 saturated heterocycles. The second-order valence-electron chi connectivity index (χ2n) is 4.64. The first-order valence-electron chi connectivity index (χ1n) is 5.81. The zero-order valence-electron chi connectivity index (χ0n) is 10.8. The number of benzene rings is 1. The van der Waals surface area contributed by atoms with Gasteiger partial charge in [-0.05, 0) is 24.5 Å². The monoisotopic (exact) mass is 288 g/mol. The van der Waals surface area contributed by atoms with Crippen molar-refractivity contribution >= 4 is 15.9 Å². The third-order valence-corrected chi connectivity index (χ3v) is 3.80. The first kappa shape index (κ1) is 15.6. The van der Waals surface area contributed by atoms with Crippen molar-refractivity contribution in [1.82, 2.24) is 4.72 Å². The number of amides is 1. The maximum atomic E-state index is 13.4. The SMILES string of the molecule is CC(C)C[C@H](N)C(=O)NS(=O)(=O)c1ccccc1F. The van der Waals surface area contributed by atoms with Gasteiger partial charge in [0, 0.05) is 0 Å². The van der Waals surface area contributed by atoms with Gasteiger partial charge in [-0.25, -0.2) is 17.5 Å². The summed E-state index contributed by atoms with van der Waals surface area (Å²) in [7, 11) is -4.23. The number of nitrogens with one attached hydrogen (secondary N) is 1. The average Bonchev–Trinajstić information content (AvgIpc) is 2.27. The highest BCUT2D eigenvalue weighted by atomic mass is 32.2. The molecule has 0 radical (unpaired) electrons. The van der Waals surface area contributed by atoms with Crippen LogP contribution in [0.15, 0.2) is 29.2 Å². The lowest BCUT2D eigenvalue weighted by Gasteiger charge is -2.14. The van der Waals surface area contributed by atoms with Crippen LogP contribution in [0.3, 0.4) is 0 Å². The summed E-state index contributed by atoms with van der Waals surface area (Å²) < 4.78 is 38.8. The topological polar surface area (TPSA) is 89.3 Å². The third kappa shape index (κ3) is 4.29. The normalized spacial score (nSPS) is 13.3. The van der Waals surface area contributed by atoms with Gasteiger partial charge in [-0.3, -0.25) is 4.79 Å². The third-order valence-electron chi connectivity index (χ3n) is 2.42. The molecule has 0 saturated carbocycles. The number of rotatable bonds is 5. The summed E-state index contributed by atoms with van der Waals surface area (Å²) in [6.07, 6.45) is 0.346. The fraction of sp³-hybridized carbons (Fsp3) is 0.417. The largest absolute Gasteiger partial charge is 0.320 e. The molecule has 0 aliphatic rings. The van der Waals surface area contributed by atoms with E-state index in [9.17, 15) is 17.6 Å². The predicted octanol–water partition coefficient (Wildman–Crippen LogP) is 1.00. The summed E-state index contributed by atoms with van der Waals surface area (Å²) in [4.78, 5) is 11.1. The summed E-state index contributed by atoms with van der Waals surface area (Å²) >= 11 is 0. The van der Waals surface area contributed by atoms with Gasteiger partial charge in [0.2, 0.25) is 0 Å². The Hall–Kier alpha value is -1.47. The number of carbonyl (C=O) groups is 1. The van der Waals surface area contributed by atoms with E-state index in [2.05, 4.69) is 0 Å². The van der Waals surface area contributed by atoms with Crippen LogP contribution < -0.4 is 10.5 Å². The molecule has 1 atom stereocenters. The summed E-state index contributed by atoms with van der Waals surface area (Å²) in [6, 6.07) is 3.88. The Morgan fingerprint density at radius 2 is 1.95 bits per heavy atom. The van der Waals surface area contributed by atoms with Gasteiger partial charge in [-0.1, -0.05) is 26.0 Å². The van der Waals surface area contributed by atoms with Gasteiger partial charge in [0.1, 0.15) is 10.7 Å². The molecule has 5 nitrogen and oxygen atoms in total. The van der Waals surface area contributed by atoms with Gasteiger partial charge in [0.25, 0.3) is 15.9 Å². The molecule has 1 amide bonds. The molecule has 0 fully saturated rings. The Balaban J connectivity index is 2.87. The van der Waals surface area contributed by atoms with Gasteiger partial charge in [-0.2, -0.15) is 0 Å². The van der Waals surface area contributed by atoms with Crippen LogP contribution in [-0.4, -0.2) is 20.4 Å². The first-order valence-corrected chi connectivity index (χ1v) is 7.29. The molecular formula is C12H17FN2O3S. The summed E-state index contributed by atoms with van der Waals surface area (Å²) in [5, 5.41) is 0. The zero-order chi connectivity index (χ0) is 14.6. The van der Waals surface area contributed by atoms with Crippen LogP contribution in [0.4, 0.5) is 4.39 Å². The quantitative estimate of drug-likeness (QED) is 0.846. The van der Waals surface area contributed by atoms with E-state index in [1.54, 1.807) is 4.72 Å². The number of sulfonamides is 1. The number of carbonyl (C=O) groups excluding carboxylic acids is 1. The number of hydrogen-bond acceptors (Lipinski definition) is 4. The molecule has 1 rings (SSSR count). The van der Waals surface area contributed by atoms with E-state index in [0.29, 0.717) is 6.42 Å². The molecule has 0 aliphatic heterocycles. The van der Waals surface area contributed by atoms with Crippen molar-refractivity contribution in [2.75, 3.05) is 0 Å². The van der Waals surface area contributed by atoms with Crippen LogP contribution in [-0.2, 0) is 14.8 Å². The standard InChI is InChI=1S/C12H17FN2O3S/c1-8(2)7-10(14)12(16)15-19(17,18)11-6-4-3-5-9(11)13/h3-6,8,10H,7,14H2,1-2H3,(H,15,16)/t10-/m0/s1. The van der Waals surface area contributed by atoms with E-state index in [-0.39, 0.29) is 5.92 Å². The Morgan fingerprint density at radius 1 is 1.37 bits per heavy atom. The van der Waals surface area contributed by atoms with Gasteiger partial charge >= 0.3 is 0 Å². The summed E-state index contributed by atoms with van der Waals surface area (Å²) in [5.74, 6) is -1.60. The first-order chi connectivity index (χ1) is 8.74. The molecule has 0 aliphatic carbocycles. The molecule has 0 spiro atoms. The predicted molar refractivity (Wildman–Crippen MR) is 69.2 cm³/mol. The van der Waals surface area contributed by atoms with Crippen LogP contribution >= 0.6 is 0 Å². The second kappa shape index (κ2) is 6.12. The minimum absolute atomic E-state index is 0.150. The van der Waals surface area contributed by atoms with Crippen LogP contribution in [0.1, 0.15) is 20.3 Å². The fourth-order valence-electron chi connectivity index (χ4n) is 1.54. The highest BCUT2D eigenvalue weighted by Gasteiger charge is 2.24. The maximum absolute atomic E-state index is 13.4. The van der Waals surface area contributed by atoms with E-state index >= 15 is 0 Å².